The molecule has 1 aliphatic rings. The summed E-state index contributed by atoms with van der Waals surface area (Å²) in [7, 11) is 0. The summed E-state index contributed by atoms with van der Waals surface area (Å²) in [5.74, 6) is -1.44. The van der Waals surface area contributed by atoms with Gasteiger partial charge in [0.15, 0.2) is 5.60 Å². The number of carbonyl (C=O) groups is 2. The van der Waals surface area contributed by atoms with Crippen LogP contribution < -0.4 is 0 Å². The molecule has 1 aliphatic heterocycles. The van der Waals surface area contributed by atoms with E-state index in [0.717, 1.165) is 11.3 Å². The fourth-order valence-electron chi connectivity index (χ4n) is 2.86. The Morgan fingerprint density at radius 1 is 1.21 bits per heavy atom. The van der Waals surface area contributed by atoms with Crippen LogP contribution in [-0.2, 0) is 4.79 Å². The first-order valence-corrected chi connectivity index (χ1v) is 7.76. The van der Waals surface area contributed by atoms with Crippen LogP contribution in [0.3, 0.4) is 0 Å². The van der Waals surface area contributed by atoms with Crippen molar-refractivity contribution in [2.24, 2.45) is 0 Å². The number of rotatable bonds is 3. The number of nitrogens with zero attached hydrogens (tertiary/aromatic N) is 3. The molecule has 2 N–H and O–H groups in total. The van der Waals surface area contributed by atoms with E-state index >= 15 is 0 Å². The molecule has 1 amide bonds. The highest BCUT2D eigenvalue weighted by Gasteiger charge is 2.40. The zero-order chi connectivity index (χ0) is 17.3. The Labute approximate surface area is 139 Å². The second kappa shape index (κ2) is 6.09. The van der Waals surface area contributed by atoms with E-state index in [1.165, 1.54) is 6.20 Å². The van der Waals surface area contributed by atoms with Gasteiger partial charge in [-0.15, -0.1) is 0 Å². The topological polar surface area (TPSA) is 95.7 Å². The summed E-state index contributed by atoms with van der Waals surface area (Å²) in [6, 6.07) is 7.73. The highest BCUT2D eigenvalue weighted by atomic mass is 16.4. The lowest BCUT2D eigenvalue weighted by Gasteiger charge is -2.35. The first-order valence-electron chi connectivity index (χ1n) is 7.76. The average Bonchev–Trinajstić information content (AvgIpc) is 3.05. The largest absolute Gasteiger partial charge is 0.479 e. The lowest BCUT2D eigenvalue weighted by Crippen LogP contribution is -2.50. The van der Waals surface area contributed by atoms with Crippen LogP contribution in [0.1, 0.15) is 28.8 Å². The number of hydrogen-bond donors (Lipinski definition) is 2. The van der Waals surface area contributed by atoms with Crippen LogP contribution in [0.2, 0.25) is 0 Å². The predicted octanol–water partition coefficient (Wildman–Crippen LogP) is 1.23. The summed E-state index contributed by atoms with van der Waals surface area (Å²) in [5.41, 5.74) is 0.654. The average molecular weight is 329 g/mol. The van der Waals surface area contributed by atoms with Gasteiger partial charge in [-0.05, 0) is 18.6 Å². The molecule has 0 radical (unpaired) electrons. The molecule has 0 aliphatic carbocycles. The number of hydrogen-bond acceptors (Lipinski definition) is 4. The summed E-state index contributed by atoms with van der Waals surface area (Å²) in [6.45, 7) is 2.38. The standard InChI is InChI=1S/C17H19N3O4/c1-12-4-2-3-5-14(12)20-11-13(10-18-20)15(21)19-8-6-17(24,7-9-19)16(22)23/h2-5,10-11,24H,6-9H2,1H3,(H,22,23). The van der Waals surface area contributed by atoms with Crippen molar-refractivity contribution in [2.75, 3.05) is 13.1 Å². The van der Waals surface area contributed by atoms with Gasteiger partial charge in [0.2, 0.25) is 0 Å². The highest BCUT2D eigenvalue weighted by Crippen LogP contribution is 2.24. The van der Waals surface area contributed by atoms with Crippen LogP contribution in [0.4, 0.5) is 0 Å². The van der Waals surface area contributed by atoms with Crippen LogP contribution in [0.25, 0.3) is 5.69 Å². The smallest absolute Gasteiger partial charge is 0.335 e. The highest BCUT2D eigenvalue weighted by molar-refractivity contribution is 5.94. The fourth-order valence-corrected chi connectivity index (χ4v) is 2.86. The number of aliphatic hydroxyl groups is 1. The van der Waals surface area contributed by atoms with E-state index < -0.39 is 11.6 Å². The van der Waals surface area contributed by atoms with Gasteiger partial charge in [0.25, 0.3) is 5.91 Å². The van der Waals surface area contributed by atoms with Crippen LogP contribution >= 0.6 is 0 Å². The van der Waals surface area contributed by atoms with Gasteiger partial charge >= 0.3 is 5.97 Å². The Bertz CT molecular complexity index is 776. The molecule has 126 valence electrons. The van der Waals surface area contributed by atoms with Gasteiger partial charge in [0.05, 0.1) is 17.4 Å². The van der Waals surface area contributed by atoms with Crippen LogP contribution in [0.5, 0.6) is 0 Å². The number of piperidine rings is 1. The van der Waals surface area contributed by atoms with Gasteiger partial charge < -0.3 is 15.1 Å². The molecule has 2 aromatic rings. The molecule has 1 aromatic heterocycles. The number of carboxylic acids is 1. The van der Waals surface area contributed by atoms with Crippen LogP contribution in [0.15, 0.2) is 36.7 Å². The van der Waals surface area contributed by atoms with E-state index in [1.807, 2.05) is 31.2 Å². The molecule has 0 atom stereocenters. The summed E-state index contributed by atoms with van der Waals surface area (Å²) in [6.07, 6.45) is 3.23. The minimum Gasteiger partial charge on any atom is -0.479 e. The normalized spacial score (nSPS) is 16.8. The number of benzene rings is 1. The Kier molecular flexibility index (Phi) is 4.11. The molecule has 3 rings (SSSR count). The minimum absolute atomic E-state index is 0.0278. The summed E-state index contributed by atoms with van der Waals surface area (Å²) in [4.78, 5) is 25.2. The monoisotopic (exact) mass is 329 g/mol. The third-order valence-corrected chi connectivity index (χ3v) is 4.47. The number of aliphatic carboxylic acids is 1. The Hall–Kier alpha value is -2.67. The van der Waals surface area contributed by atoms with Crippen molar-refractivity contribution in [3.8, 4) is 5.69 Å². The molecule has 0 unspecified atom stereocenters. The maximum Gasteiger partial charge on any atom is 0.335 e. The van der Waals surface area contributed by atoms with E-state index in [9.17, 15) is 14.7 Å². The molecule has 1 saturated heterocycles. The lowest BCUT2D eigenvalue weighted by molar-refractivity contribution is -0.162. The third kappa shape index (κ3) is 2.90. The van der Waals surface area contributed by atoms with Crippen molar-refractivity contribution in [3.05, 3.63) is 47.8 Å². The van der Waals surface area contributed by atoms with Crippen molar-refractivity contribution < 1.29 is 19.8 Å². The molecule has 7 heteroatoms. The lowest BCUT2D eigenvalue weighted by atomic mass is 9.91. The second-order valence-electron chi connectivity index (χ2n) is 6.09. The first-order chi connectivity index (χ1) is 11.4. The number of amides is 1. The molecular formula is C17H19N3O4. The first kappa shape index (κ1) is 16.2. The van der Waals surface area contributed by atoms with E-state index in [2.05, 4.69) is 5.10 Å². The molecule has 1 fully saturated rings. The molecule has 1 aromatic carbocycles. The van der Waals surface area contributed by atoms with E-state index in [-0.39, 0.29) is 31.8 Å². The zero-order valence-electron chi connectivity index (χ0n) is 13.3. The number of aromatic nitrogens is 2. The Morgan fingerprint density at radius 3 is 2.50 bits per heavy atom. The van der Waals surface area contributed by atoms with Crippen LogP contribution in [0, 0.1) is 6.92 Å². The number of carbonyl (C=O) groups excluding carboxylic acids is 1. The molecule has 7 nitrogen and oxygen atoms in total. The second-order valence-corrected chi connectivity index (χ2v) is 6.09. The molecular weight excluding hydrogens is 310 g/mol. The van der Waals surface area contributed by atoms with Crippen LogP contribution in [-0.4, -0.2) is 55.5 Å². The van der Waals surface area contributed by atoms with E-state index in [1.54, 1.807) is 15.8 Å². The van der Waals surface area contributed by atoms with Gasteiger partial charge in [0, 0.05) is 32.1 Å². The van der Waals surface area contributed by atoms with Gasteiger partial charge in [0.1, 0.15) is 0 Å². The van der Waals surface area contributed by atoms with Crippen molar-refractivity contribution in [1.29, 1.82) is 0 Å². The number of likely N-dealkylation sites (tertiary alicyclic amines) is 1. The molecule has 0 bridgehead atoms. The SMILES string of the molecule is Cc1ccccc1-n1cc(C(=O)N2CCC(O)(C(=O)O)CC2)cn1. The van der Waals surface area contributed by atoms with Gasteiger partial charge in [-0.25, -0.2) is 9.48 Å². The summed E-state index contributed by atoms with van der Waals surface area (Å²) in [5, 5.41) is 23.2. The zero-order valence-corrected chi connectivity index (χ0v) is 13.3. The van der Waals surface area contributed by atoms with Gasteiger partial charge in [-0.2, -0.15) is 5.10 Å². The van der Waals surface area contributed by atoms with Crippen molar-refractivity contribution in [3.63, 3.8) is 0 Å². The number of para-hydroxylation sites is 1. The molecule has 2 heterocycles. The maximum atomic E-state index is 12.6. The predicted molar refractivity (Wildman–Crippen MR) is 86.0 cm³/mol. The molecule has 0 saturated carbocycles. The van der Waals surface area contributed by atoms with Crippen molar-refractivity contribution in [1.82, 2.24) is 14.7 Å². The van der Waals surface area contributed by atoms with E-state index in [0.29, 0.717) is 5.56 Å². The van der Waals surface area contributed by atoms with Crippen molar-refractivity contribution >= 4 is 11.9 Å². The number of aryl methyl sites for hydroxylation is 1. The van der Waals surface area contributed by atoms with E-state index in [4.69, 9.17) is 5.11 Å². The Balaban J connectivity index is 1.74. The molecule has 0 spiro atoms. The molecule has 24 heavy (non-hydrogen) atoms. The minimum atomic E-state index is -1.73. The fraction of sp³-hybridized carbons (Fsp3) is 0.353. The quantitative estimate of drug-likeness (QED) is 0.883. The van der Waals surface area contributed by atoms with Crippen molar-refractivity contribution in [2.45, 2.75) is 25.4 Å². The maximum absolute atomic E-state index is 12.6. The van der Waals surface area contributed by atoms with Gasteiger partial charge in [-0.1, -0.05) is 18.2 Å². The third-order valence-electron chi connectivity index (χ3n) is 4.47. The van der Waals surface area contributed by atoms with Gasteiger partial charge in [-0.3, -0.25) is 4.79 Å². The number of carboxylic acid groups (broad SMARTS) is 1. The summed E-state index contributed by atoms with van der Waals surface area (Å²) < 4.78 is 1.65. The Morgan fingerprint density at radius 2 is 1.88 bits per heavy atom. The summed E-state index contributed by atoms with van der Waals surface area (Å²) >= 11 is 0.